The van der Waals surface area contributed by atoms with E-state index in [9.17, 15) is 4.79 Å². The van der Waals surface area contributed by atoms with Crippen LogP contribution in [0.3, 0.4) is 0 Å². The van der Waals surface area contributed by atoms with Crippen LogP contribution in [0, 0.1) is 25.7 Å². The fraction of sp³-hybridized carbons (Fsp3) is 0.267. The first kappa shape index (κ1) is 14.8. The highest BCUT2D eigenvalue weighted by Crippen LogP contribution is 2.08. The Balaban J connectivity index is 2.03. The summed E-state index contributed by atoms with van der Waals surface area (Å²) in [6, 6.07) is 1.61. The molecule has 0 bridgehead atoms. The second-order valence-corrected chi connectivity index (χ2v) is 4.35. The standard InChI is InChI=1S/C15H15N3O3/c1-10-11(2)21-14(18-10)9-17-15(20)13-6-12(4-3-5-19)7-16-8-13/h6-8,19H,5,9H2,1-2H3,(H,17,20). The highest BCUT2D eigenvalue weighted by Gasteiger charge is 2.09. The Morgan fingerprint density at radius 1 is 1.43 bits per heavy atom. The maximum absolute atomic E-state index is 12.0. The van der Waals surface area contributed by atoms with Gasteiger partial charge in [0.15, 0.2) is 0 Å². The molecular weight excluding hydrogens is 270 g/mol. The quantitative estimate of drug-likeness (QED) is 0.820. The number of nitrogens with one attached hydrogen (secondary N) is 1. The van der Waals surface area contributed by atoms with Crippen LogP contribution in [0.25, 0.3) is 0 Å². The average Bonchev–Trinajstić information content (AvgIpc) is 2.81. The van der Waals surface area contributed by atoms with Gasteiger partial charge < -0.3 is 14.8 Å². The van der Waals surface area contributed by atoms with E-state index in [0.29, 0.717) is 17.0 Å². The van der Waals surface area contributed by atoms with Crippen LogP contribution in [0.4, 0.5) is 0 Å². The van der Waals surface area contributed by atoms with E-state index in [1.54, 1.807) is 6.07 Å². The summed E-state index contributed by atoms with van der Waals surface area (Å²) in [6.07, 6.45) is 2.98. The molecule has 2 rings (SSSR count). The van der Waals surface area contributed by atoms with Gasteiger partial charge in [-0.25, -0.2) is 4.98 Å². The van der Waals surface area contributed by atoms with Gasteiger partial charge >= 0.3 is 0 Å². The summed E-state index contributed by atoms with van der Waals surface area (Å²) in [4.78, 5) is 20.2. The van der Waals surface area contributed by atoms with E-state index >= 15 is 0 Å². The van der Waals surface area contributed by atoms with Crippen molar-refractivity contribution in [1.82, 2.24) is 15.3 Å². The van der Waals surface area contributed by atoms with Crippen LogP contribution in [0.2, 0.25) is 0 Å². The monoisotopic (exact) mass is 285 g/mol. The maximum atomic E-state index is 12.0. The zero-order valence-corrected chi connectivity index (χ0v) is 11.8. The fourth-order valence-electron chi connectivity index (χ4n) is 1.65. The molecule has 0 aliphatic carbocycles. The van der Waals surface area contributed by atoms with Gasteiger partial charge in [-0.3, -0.25) is 9.78 Å². The minimum atomic E-state index is -0.288. The first-order chi connectivity index (χ1) is 10.1. The first-order valence-corrected chi connectivity index (χ1v) is 6.36. The number of rotatable bonds is 3. The second kappa shape index (κ2) is 6.68. The normalized spacial score (nSPS) is 9.86. The van der Waals surface area contributed by atoms with E-state index in [4.69, 9.17) is 9.52 Å². The third-order valence-electron chi connectivity index (χ3n) is 2.79. The number of aliphatic hydroxyl groups excluding tert-OH is 1. The van der Waals surface area contributed by atoms with Crippen LogP contribution in [0.1, 0.15) is 33.3 Å². The highest BCUT2D eigenvalue weighted by molar-refractivity contribution is 5.94. The number of amides is 1. The van der Waals surface area contributed by atoms with Crippen molar-refractivity contribution in [3.05, 3.63) is 46.9 Å². The number of carbonyl (C=O) groups excluding carboxylic acids is 1. The summed E-state index contributed by atoms with van der Waals surface area (Å²) in [5.41, 5.74) is 1.77. The number of aryl methyl sites for hydroxylation is 2. The number of oxazole rings is 1. The number of pyridine rings is 1. The Morgan fingerprint density at radius 2 is 2.24 bits per heavy atom. The molecule has 0 spiro atoms. The lowest BCUT2D eigenvalue weighted by atomic mass is 10.2. The molecule has 0 saturated heterocycles. The molecule has 6 heteroatoms. The molecule has 0 unspecified atom stereocenters. The number of aromatic nitrogens is 2. The van der Waals surface area contributed by atoms with E-state index < -0.39 is 0 Å². The van der Waals surface area contributed by atoms with Crippen molar-refractivity contribution in [2.45, 2.75) is 20.4 Å². The molecule has 2 N–H and O–H groups in total. The SMILES string of the molecule is Cc1nc(CNC(=O)c2cncc(C#CCO)c2)oc1C. The number of hydrogen-bond donors (Lipinski definition) is 2. The van der Waals surface area contributed by atoms with Crippen LogP contribution in [-0.2, 0) is 6.54 Å². The van der Waals surface area contributed by atoms with Crippen molar-refractivity contribution in [3.8, 4) is 11.8 Å². The van der Waals surface area contributed by atoms with Gasteiger partial charge in [0.1, 0.15) is 12.4 Å². The smallest absolute Gasteiger partial charge is 0.253 e. The van der Waals surface area contributed by atoms with Gasteiger partial charge in [0.05, 0.1) is 17.8 Å². The summed E-state index contributed by atoms with van der Waals surface area (Å²) in [5.74, 6) is 6.12. The minimum Gasteiger partial charge on any atom is -0.444 e. The Morgan fingerprint density at radius 3 is 2.90 bits per heavy atom. The van der Waals surface area contributed by atoms with Gasteiger partial charge in [0, 0.05) is 18.0 Å². The van der Waals surface area contributed by atoms with E-state index in [1.165, 1.54) is 12.4 Å². The number of carbonyl (C=O) groups is 1. The maximum Gasteiger partial charge on any atom is 0.253 e. The van der Waals surface area contributed by atoms with E-state index in [0.717, 1.165) is 11.5 Å². The van der Waals surface area contributed by atoms with Gasteiger partial charge in [-0.15, -0.1) is 0 Å². The topological polar surface area (TPSA) is 88.2 Å². The molecule has 2 aromatic rings. The number of aliphatic hydroxyl groups is 1. The van der Waals surface area contributed by atoms with Crippen molar-refractivity contribution in [1.29, 1.82) is 0 Å². The molecule has 0 aliphatic heterocycles. The van der Waals surface area contributed by atoms with E-state index in [1.807, 2.05) is 13.8 Å². The Hall–Kier alpha value is -2.65. The molecule has 0 saturated carbocycles. The lowest BCUT2D eigenvalue weighted by Crippen LogP contribution is -2.23. The third kappa shape index (κ3) is 3.91. The van der Waals surface area contributed by atoms with Gasteiger partial charge in [0.25, 0.3) is 5.91 Å². The lowest BCUT2D eigenvalue weighted by molar-refractivity contribution is 0.0946. The van der Waals surface area contributed by atoms with Crippen LogP contribution < -0.4 is 5.32 Å². The molecule has 0 aliphatic rings. The fourth-order valence-corrected chi connectivity index (χ4v) is 1.65. The second-order valence-electron chi connectivity index (χ2n) is 4.35. The summed E-state index contributed by atoms with van der Waals surface area (Å²) >= 11 is 0. The molecule has 2 heterocycles. The van der Waals surface area contributed by atoms with Gasteiger partial charge in [-0.2, -0.15) is 0 Å². The highest BCUT2D eigenvalue weighted by atomic mass is 16.4. The summed E-state index contributed by atoms with van der Waals surface area (Å²) in [6.45, 7) is 3.64. The molecule has 1 amide bonds. The van der Waals surface area contributed by atoms with E-state index in [-0.39, 0.29) is 19.1 Å². The predicted octanol–water partition coefficient (Wildman–Crippen LogP) is 0.960. The number of nitrogens with zero attached hydrogens (tertiary/aromatic N) is 2. The average molecular weight is 285 g/mol. The lowest BCUT2D eigenvalue weighted by Gasteiger charge is -2.02. The van der Waals surface area contributed by atoms with Crippen molar-refractivity contribution < 1.29 is 14.3 Å². The van der Waals surface area contributed by atoms with Gasteiger partial charge in [-0.1, -0.05) is 11.8 Å². The van der Waals surface area contributed by atoms with Crippen molar-refractivity contribution in [2.75, 3.05) is 6.61 Å². The zero-order chi connectivity index (χ0) is 15.2. The van der Waals surface area contributed by atoms with Crippen molar-refractivity contribution >= 4 is 5.91 Å². The zero-order valence-electron chi connectivity index (χ0n) is 11.8. The van der Waals surface area contributed by atoms with Crippen LogP contribution >= 0.6 is 0 Å². The summed E-state index contributed by atoms with van der Waals surface area (Å²) in [7, 11) is 0. The van der Waals surface area contributed by atoms with Gasteiger partial charge in [0.2, 0.25) is 5.89 Å². The minimum absolute atomic E-state index is 0.208. The summed E-state index contributed by atoms with van der Waals surface area (Å²) in [5, 5.41) is 11.4. The van der Waals surface area contributed by atoms with E-state index in [2.05, 4.69) is 27.1 Å². The molecule has 0 radical (unpaired) electrons. The molecule has 21 heavy (non-hydrogen) atoms. The molecule has 0 aromatic carbocycles. The number of hydrogen-bond acceptors (Lipinski definition) is 5. The Bertz CT molecular complexity index is 691. The molecule has 6 nitrogen and oxygen atoms in total. The van der Waals surface area contributed by atoms with Crippen LogP contribution in [0.15, 0.2) is 22.9 Å². The van der Waals surface area contributed by atoms with Crippen molar-refractivity contribution in [3.63, 3.8) is 0 Å². The Labute approximate surface area is 122 Å². The first-order valence-electron chi connectivity index (χ1n) is 6.36. The predicted molar refractivity (Wildman–Crippen MR) is 75.3 cm³/mol. The molecule has 108 valence electrons. The van der Waals surface area contributed by atoms with Gasteiger partial charge in [-0.05, 0) is 19.9 Å². The molecular formula is C15H15N3O3. The Kier molecular flexibility index (Phi) is 4.69. The summed E-state index contributed by atoms with van der Waals surface area (Å²) < 4.78 is 5.39. The molecule has 2 aromatic heterocycles. The van der Waals surface area contributed by atoms with Crippen LogP contribution in [-0.4, -0.2) is 27.6 Å². The molecule has 0 fully saturated rings. The third-order valence-corrected chi connectivity index (χ3v) is 2.79. The van der Waals surface area contributed by atoms with Crippen LogP contribution in [0.5, 0.6) is 0 Å². The molecule has 0 atom stereocenters. The van der Waals surface area contributed by atoms with Crippen molar-refractivity contribution in [2.24, 2.45) is 0 Å². The largest absolute Gasteiger partial charge is 0.444 e.